The van der Waals surface area contributed by atoms with Gasteiger partial charge in [-0.3, -0.25) is 4.79 Å². The second-order valence-corrected chi connectivity index (χ2v) is 6.37. The van der Waals surface area contributed by atoms with Gasteiger partial charge < -0.3 is 9.64 Å². The average molecular weight is 330 g/mol. The molecule has 3 rings (SSSR count). The summed E-state index contributed by atoms with van der Waals surface area (Å²) in [5.41, 5.74) is 1.87. The number of piperidine rings is 1. The van der Waals surface area contributed by atoms with Crippen LogP contribution in [0.25, 0.3) is 0 Å². The van der Waals surface area contributed by atoms with Gasteiger partial charge in [-0.1, -0.05) is 35.4 Å². The minimum absolute atomic E-state index is 0.0429. The van der Waals surface area contributed by atoms with Crippen molar-refractivity contribution in [1.29, 1.82) is 0 Å². The highest BCUT2D eigenvalue weighted by Gasteiger charge is 2.24. The molecular formula is C19H20ClNO2. The van der Waals surface area contributed by atoms with Gasteiger partial charge in [-0.2, -0.15) is 0 Å². The topological polar surface area (TPSA) is 29.5 Å². The van der Waals surface area contributed by atoms with Crippen LogP contribution < -0.4 is 4.74 Å². The highest BCUT2D eigenvalue weighted by atomic mass is 35.5. The number of likely N-dealkylation sites (tertiary alicyclic amines) is 1. The van der Waals surface area contributed by atoms with Gasteiger partial charge in [-0.05, 0) is 37.3 Å². The molecule has 0 aliphatic carbocycles. The highest BCUT2D eigenvalue weighted by Crippen LogP contribution is 2.21. The van der Waals surface area contributed by atoms with Gasteiger partial charge in [0, 0.05) is 36.5 Å². The van der Waals surface area contributed by atoms with Gasteiger partial charge in [0.15, 0.2) is 0 Å². The molecule has 0 spiro atoms. The maximum atomic E-state index is 12.5. The SMILES string of the molecule is Cc1ccc(OC2CCN(C(=O)c3cccc(Cl)c3)CC2)cc1. The quantitative estimate of drug-likeness (QED) is 0.838. The molecule has 0 saturated carbocycles. The lowest BCUT2D eigenvalue weighted by atomic mass is 10.1. The summed E-state index contributed by atoms with van der Waals surface area (Å²) in [5, 5.41) is 0.591. The molecule has 0 bridgehead atoms. The van der Waals surface area contributed by atoms with Gasteiger partial charge in [0.25, 0.3) is 5.91 Å². The number of rotatable bonds is 3. The molecule has 0 atom stereocenters. The molecule has 2 aromatic carbocycles. The molecule has 120 valence electrons. The van der Waals surface area contributed by atoms with Crippen LogP contribution in [0, 0.1) is 6.92 Å². The standard InChI is InChI=1S/C19H20ClNO2/c1-14-5-7-17(8-6-14)23-18-9-11-21(12-10-18)19(22)15-3-2-4-16(20)13-15/h2-8,13,18H,9-12H2,1H3. The Morgan fingerprint density at radius 2 is 1.83 bits per heavy atom. The second kappa shape index (κ2) is 7.05. The van der Waals surface area contributed by atoms with Gasteiger partial charge in [0.1, 0.15) is 11.9 Å². The second-order valence-electron chi connectivity index (χ2n) is 5.93. The van der Waals surface area contributed by atoms with Crippen molar-refractivity contribution in [2.24, 2.45) is 0 Å². The summed E-state index contributed by atoms with van der Waals surface area (Å²) in [4.78, 5) is 14.4. The van der Waals surface area contributed by atoms with Crippen LogP contribution in [-0.2, 0) is 0 Å². The third-order valence-corrected chi connectivity index (χ3v) is 4.36. The molecule has 3 nitrogen and oxygen atoms in total. The molecule has 1 heterocycles. The predicted octanol–water partition coefficient (Wildman–Crippen LogP) is 4.33. The first-order valence-electron chi connectivity index (χ1n) is 7.90. The van der Waals surface area contributed by atoms with Gasteiger partial charge >= 0.3 is 0 Å². The van der Waals surface area contributed by atoms with E-state index in [1.54, 1.807) is 12.1 Å². The number of hydrogen-bond acceptors (Lipinski definition) is 2. The third-order valence-electron chi connectivity index (χ3n) is 4.12. The molecule has 2 aromatic rings. The van der Waals surface area contributed by atoms with E-state index < -0.39 is 0 Å². The fraction of sp³-hybridized carbons (Fsp3) is 0.316. The predicted molar refractivity (Wildman–Crippen MR) is 92.2 cm³/mol. The first kappa shape index (κ1) is 15.9. The van der Waals surface area contributed by atoms with Crippen LogP contribution in [0.5, 0.6) is 5.75 Å². The van der Waals surface area contributed by atoms with Crippen LogP contribution in [0.15, 0.2) is 48.5 Å². The molecule has 1 fully saturated rings. The zero-order chi connectivity index (χ0) is 16.2. The monoisotopic (exact) mass is 329 g/mol. The normalized spacial score (nSPS) is 15.5. The Morgan fingerprint density at radius 1 is 1.13 bits per heavy atom. The largest absolute Gasteiger partial charge is 0.490 e. The Morgan fingerprint density at radius 3 is 2.48 bits per heavy atom. The highest BCUT2D eigenvalue weighted by molar-refractivity contribution is 6.30. The van der Waals surface area contributed by atoms with Gasteiger partial charge in [0.05, 0.1) is 0 Å². The number of hydrogen-bond donors (Lipinski definition) is 0. The van der Waals surface area contributed by atoms with Crippen molar-refractivity contribution in [3.05, 3.63) is 64.7 Å². The van der Waals surface area contributed by atoms with Crippen molar-refractivity contribution in [3.8, 4) is 5.75 Å². The molecule has 23 heavy (non-hydrogen) atoms. The average Bonchev–Trinajstić information content (AvgIpc) is 2.57. The van der Waals surface area contributed by atoms with Gasteiger partial charge in [0.2, 0.25) is 0 Å². The van der Waals surface area contributed by atoms with Crippen LogP contribution in [0.3, 0.4) is 0 Å². The summed E-state index contributed by atoms with van der Waals surface area (Å²) in [7, 11) is 0. The Labute approximate surface area is 141 Å². The number of carbonyl (C=O) groups excluding carboxylic acids is 1. The molecule has 0 unspecified atom stereocenters. The molecule has 0 radical (unpaired) electrons. The molecule has 0 aromatic heterocycles. The first-order valence-corrected chi connectivity index (χ1v) is 8.28. The number of ether oxygens (including phenoxy) is 1. The number of halogens is 1. The fourth-order valence-corrected chi connectivity index (χ4v) is 2.98. The van der Waals surface area contributed by atoms with Crippen molar-refractivity contribution in [2.75, 3.05) is 13.1 Å². The number of benzene rings is 2. The van der Waals surface area contributed by atoms with Crippen molar-refractivity contribution >= 4 is 17.5 Å². The van der Waals surface area contributed by atoms with Crippen molar-refractivity contribution in [3.63, 3.8) is 0 Å². The van der Waals surface area contributed by atoms with Crippen molar-refractivity contribution < 1.29 is 9.53 Å². The summed E-state index contributed by atoms with van der Waals surface area (Å²) >= 11 is 5.96. The lowest BCUT2D eigenvalue weighted by molar-refractivity contribution is 0.0595. The first-order chi connectivity index (χ1) is 11.1. The zero-order valence-electron chi connectivity index (χ0n) is 13.2. The Balaban J connectivity index is 1.55. The smallest absolute Gasteiger partial charge is 0.253 e. The lowest BCUT2D eigenvalue weighted by Crippen LogP contribution is -2.41. The van der Waals surface area contributed by atoms with Crippen LogP contribution in [0.2, 0.25) is 5.02 Å². The molecule has 4 heteroatoms. The van der Waals surface area contributed by atoms with Crippen LogP contribution in [0.4, 0.5) is 0 Å². The number of nitrogens with zero attached hydrogens (tertiary/aromatic N) is 1. The summed E-state index contributed by atoms with van der Waals surface area (Å²) < 4.78 is 6.00. The van der Waals surface area contributed by atoms with E-state index in [0.717, 1.165) is 18.6 Å². The van der Waals surface area contributed by atoms with E-state index in [9.17, 15) is 4.79 Å². The van der Waals surface area contributed by atoms with E-state index in [0.29, 0.717) is 23.7 Å². The minimum atomic E-state index is 0.0429. The number of amides is 1. The third kappa shape index (κ3) is 4.05. The fourth-order valence-electron chi connectivity index (χ4n) is 2.79. The summed E-state index contributed by atoms with van der Waals surface area (Å²) in [6.45, 7) is 3.48. The molecule has 0 N–H and O–H groups in total. The Bertz CT molecular complexity index is 676. The van der Waals surface area contributed by atoms with Crippen molar-refractivity contribution in [2.45, 2.75) is 25.9 Å². The van der Waals surface area contributed by atoms with Crippen LogP contribution in [-0.4, -0.2) is 30.0 Å². The summed E-state index contributed by atoms with van der Waals surface area (Å²) in [6, 6.07) is 15.2. The number of carbonyl (C=O) groups is 1. The summed E-state index contributed by atoms with van der Waals surface area (Å²) in [6.07, 6.45) is 1.86. The Hall–Kier alpha value is -2.00. The van der Waals surface area contributed by atoms with E-state index in [1.807, 2.05) is 41.3 Å². The molecule has 1 amide bonds. The van der Waals surface area contributed by atoms with Crippen LogP contribution >= 0.6 is 11.6 Å². The maximum Gasteiger partial charge on any atom is 0.253 e. The van der Waals surface area contributed by atoms with Gasteiger partial charge in [-0.25, -0.2) is 0 Å². The lowest BCUT2D eigenvalue weighted by Gasteiger charge is -2.32. The number of aryl methyl sites for hydroxylation is 1. The maximum absolute atomic E-state index is 12.5. The van der Waals surface area contributed by atoms with Crippen molar-refractivity contribution in [1.82, 2.24) is 4.90 Å². The van der Waals surface area contributed by atoms with E-state index in [2.05, 4.69) is 6.92 Å². The van der Waals surface area contributed by atoms with E-state index >= 15 is 0 Å². The van der Waals surface area contributed by atoms with E-state index in [4.69, 9.17) is 16.3 Å². The molecule has 1 saturated heterocycles. The van der Waals surface area contributed by atoms with E-state index in [-0.39, 0.29) is 12.0 Å². The molecular weight excluding hydrogens is 310 g/mol. The molecule has 1 aliphatic rings. The summed E-state index contributed by atoms with van der Waals surface area (Å²) in [5.74, 6) is 0.941. The van der Waals surface area contributed by atoms with E-state index in [1.165, 1.54) is 5.56 Å². The van der Waals surface area contributed by atoms with Gasteiger partial charge in [-0.15, -0.1) is 0 Å². The minimum Gasteiger partial charge on any atom is -0.490 e. The van der Waals surface area contributed by atoms with Crippen LogP contribution in [0.1, 0.15) is 28.8 Å². The molecule has 1 aliphatic heterocycles. The Kier molecular flexibility index (Phi) is 4.87. The zero-order valence-corrected chi connectivity index (χ0v) is 13.9.